The van der Waals surface area contributed by atoms with Crippen molar-refractivity contribution in [3.8, 4) is 5.75 Å². The number of aromatic nitrogens is 1. The van der Waals surface area contributed by atoms with Gasteiger partial charge in [0.15, 0.2) is 0 Å². The van der Waals surface area contributed by atoms with Crippen LogP contribution >= 0.6 is 15.9 Å². The van der Waals surface area contributed by atoms with Gasteiger partial charge in [-0.25, -0.2) is 9.78 Å². The van der Waals surface area contributed by atoms with Crippen molar-refractivity contribution in [2.75, 3.05) is 7.11 Å². The van der Waals surface area contributed by atoms with Crippen LogP contribution in [0, 0.1) is 0 Å². The molecule has 0 aliphatic heterocycles. The van der Waals surface area contributed by atoms with Gasteiger partial charge in [0.1, 0.15) is 10.4 Å². The first-order chi connectivity index (χ1) is 7.20. The lowest BCUT2D eigenvalue weighted by Crippen LogP contribution is -2.05. The Bertz CT molecular complexity index is 390. The van der Waals surface area contributed by atoms with E-state index in [1.807, 2.05) is 0 Å². The van der Waals surface area contributed by atoms with Crippen molar-refractivity contribution in [2.45, 2.75) is 18.9 Å². The van der Waals surface area contributed by atoms with Crippen LogP contribution in [0.25, 0.3) is 0 Å². The van der Waals surface area contributed by atoms with Crippen molar-refractivity contribution in [3.05, 3.63) is 22.4 Å². The summed E-state index contributed by atoms with van der Waals surface area (Å²) in [6.45, 7) is 0. The molecule has 0 atom stereocenters. The second-order valence-corrected chi connectivity index (χ2v) is 4.07. The van der Waals surface area contributed by atoms with Crippen LogP contribution in [-0.2, 0) is 4.74 Å². The minimum atomic E-state index is -0.421. The number of esters is 1. The molecule has 1 heterocycles. The van der Waals surface area contributed by atoms with Gasteiger partial charge in [0.25, 0.3) is 0 Å². The topological polar surface area (TPSA) is 48.4 Å². The van der Waals surface area contributed by atoms with E-state index in [-0.39, 0.29) is 0 Å². The first-order valence-electron chi connectivity index (χ1n) is 4.61. The second-order valence-electron chi connectivity index (χ2n) is 3.32. The van der Waals surface area contributed by atoms with Gasteiger partial charge in [0.2, 0.25) is 0 Å². The van der Waals surface area contributed by atoms with Gasteiger partial charge in [0.05, 0.1) is 25.0 Å². The molecule has 0 spiro atoms. The van der Waals surface area contributed by atoms with Crippen molar-refractivity contribution in [1.29, 1.82) is 0 Å². The average Bonchev–Trinajstić information content (AvgIpc) is 3.04. The van der Waals surface area contributed by atoms with Gasteiger partial charge >= 0.3 is 5.97 Å². The molecule has 0 N–H and O–H groups in total. The molecule has 15 heavy (non-hydrogen) atoms. The Morgan fingerprint density at radius 3 is 2.93 bits per heavy atom. The van der Waals surface area contributed by atoms with E-state index in [1.165, 1.54) is 7.11 Å². The summed E-state index contributed by atoms with van der Waals surface area (Å²) in [7, 11) is 1.34. The molecule has 0 saturated heterocycles. The number of hydrogen-bond donors (Lipinski definition) is 0. The zero-order chi connectivity index (χ0) is 10.8. The Kier molecular flexibility index (Phi) is 2.90. The van der Waals surface area contributed by atoms with Crippen LogP contribution in [0.15, 0.2) is 16.9 Å². The van der Waals surface area contributed by atoms with Crippen LogP contribution in [0.1, 0.15) is 23.2 Å². The van der Waals surface area contributed by atoms with Gasteiger partial charge in [-0.2, -0.15) is 0 Å². The molecule has 1 aromatic heterocycles. The molecular weight excluding hydrogens is 262 g/mol. The van der Waals surface area contributed by atoms with E-state index in [2.05, 4.69) is 25.7 Å². The number of carbonyl (C=O) groups is 1. The van der Waals surface area contributed by atoms with Crippen molar-refractivity contribution >= 4 is 21.9 Å². The molecule has 4 nitrogen and oxygen atoms in total. The van der Waals surface area contributed by atoms with Gasteiger partial charge in [-0.05, 0) is 34.8 Å². The maximum Gasteiger partial charge on any atom is 0.340 e. The highest BCUT2D eigenvalue weighted by Gasteiger charge is 2.24. The maximum absolute atomic E-state index is 11.3. The molecule has 0 unspecified atom stereocenters. The predicted octanol–water partition coefficient (Wildman–Crippen LogP) is 2.17. The molecule has 5 heteroatoms. The van der Waals surface area contributed by atoms with Gasteiger partial charge in [-0.15, -0.1) is 0 Å². The van der Waals surface area contributed by atoms with Gasteiger partial charge in [-0.1, -0.05) is 0 Å². The number of carbonyl (C=O) groups excluding carboxylic acids is 1. The number of nitrogens with zero attached hydrogens (tertiary/aromatic N) is 1. The Balaban J connectivity index is 2.22. The van der Waals surface area contributed by atoms with Gasteiger partial charge in [-0.3, -0.25) is 0 Å². The molecule has 0 bridgehead atoms. The molecule has 1 fully saturated rings. The number of hydrogen-bond acceptors (Lipinski definition) is 4. The van der Waals surface area contributed by atoms with Crippen LogP contribution in [0.2, 0.25) is 0 Å². The third-order valence-corrected chi connectivity index (χ3v) is 2.68. The molecule has 0 aromatic carbocycles. The van der Waals surface area contributed by atoms with E-state index in [4.69, 9.17) is 4.74 Å². The number of rotatable bonds is 3. The Morgan fingerprint density at radius 1 is 1.60 bits per heavy atom. The molecule has 1 aliphatic carbocycles. The van der Waals surface area contributed by atoms with E-state index < -0.39 is 5.97 Å². The van der Waals surface area contributed by atoms with Gasteiger partial charge in [0, 0.05) is 0 Å². The quantitative estimate of drug-likeness (QED) is 0.625. The fourth-order valence-electron chi connectivity index (χ4n) is 1.12. The average molecular weight is 272 g/mol. The summed E-state index contributed by atoms with van der Waals surface area (Å²) < 4.78 is 10.6. The predicted molar refractivity (Wildman–Crippen MR) is 56.9 cm³/mol. The van der Waals surface area contributed by atoms with E-state index in [9.17, 15) is 4.79 Å². The summed E-state index contributed by atoms with van der Waals surface area (Å²) in [4.78, 5) is 15.4. The summed E-state index contributed by atoms with van der Waals surface area (Å²) in [5.74, 6) is 0.191. The van der Waals surface area contributed by atoms with Crippen LogP contribution in [0.3, 0.4) is 0 Å². The number of pyridine rings is 1. The Morgan fingerprint density at radius 2 is 2.33 bits per heavy atom. The summed E-state index contributed by atoms with van der Waals surface area (Å²) in [6.07, 6.45) is 4.03. The highest BCUT2D eigenvalue weighted by atomic mass is 79.9. The largest absolute Gasteiger partial charge is 0.489 e. The summed E-state index contributed by atoms with van der Waals surface area (Å²) >= 11 is 3.19. The van der Waals surface area contributed by atoms with E-state index in [1.54, 1.807) is 12.3 Å². The molecule has 2 rings (SSSR count). The minimum absolute atomic E-state index is 0.290. The number of methoxy groups -OCH3 is 1. The lowest BCUT2D eigenvalue weighted by atomic mass is 10.3. The molecule has 0 radical (unpaired) electrons. The van der Waals surface area contributed by atoms with Crippen LogP contribution in [-0.4, -0.2) is 24.2 Å². The first kappa shape index (κ1) is 10.4. The highest BCUT2D eigenvalue weighted by molar-refractivity contribution is 9.10. The van der Waals surface area contributed by atoms with Crippen molar-refractivity contribution in [2.24, 2.45) is 0 Å². The van der Waals surface area contributed by atoms with E-state index in [0.717, 1.165) is 12.8 Å². The second kappa shape index (κ2) is 4.18. The lowest BCUT2D eigenvalue weighted by molar-refractivity contribution is 0.0598. The molecule has 1 aromatic rings. The van der Waals surface area contributed by atoms with Crippen molar-refractivity contribution in [3.63, 3.8) is 0 Å². The van der Waals surface area contributed by atoms with E-state index >= 15 is 0 Å². The van der Waals surface area contributed by atoms with Crippen LogP contribution in [0.4, 0.5) is 0 Å². The van der Waals surface area contributed by atoms with Crippen LogP contribution in [0.5, 0.6) is 5.75 Å². The normalized spacial score (nSPS) is 14.8. The van der Waals surface area contributed by atoms with Gasteiger partial charge < -0.3 is 9.47 Å². The third-order valence-electron chi connectivity index (χ3n) is 2.05. The Hall–Kier alpha value is -1.10. The SMILES string of the molecule is COC(=O)c1cc(OC2CC2)cnc1Br. The fraction of sp³-hybridized carbons (Fsp3) is 0.400. The zero-order valence-electron chi connectivity index (χ0n) is 8.20. The molecule has 0 amide bonds. The fourth-order valence-corrected chi connectivity index (χ4v) is 1.50. The smallest absolute Gasteiger partial charge is 0.340 e. The molecule has 1 saturated carbocycles. The number of ether oxygens (including phenoxy) is 2. The third kappa shape index (κ3) is 2.47. The van der Waals surface area contributed by atoms with Crippen molar-refractivity contribution < 1.29 is 14.3 Å². The lowest BCUT2D eigenvalue weighted by Gasteiger charge is -2.06. The molecular formula is C10H10BrNO3. The summed E-state index contributed by atoms with van der Waals surface area (Å²) in [6, 6.07) is 1.64. The molecule has 1 aliphatic rings. The first-order valence-corrected chi connectivity index (χ1v) is 5.40. The highest BCUT2D eigenvalue weighted by Crippen LogP contribution is 2.28. The minimum Gasteiger partial charge on any atom is -0.489 e. The monoisotopic (exact) mass is 271 g/mol. The number of halogens is 1. The Labute approximate surface area is 95.7 Å². The standard InChI is InChI=1S/C10H10BrNO3/c1-14-10(13)8-4-7(5-12-9(8)11)15-6-2-3-6/h4-6H,2-3H2,1H3. The summed E-state index contributed by atoms with van der Waals surface area (Å²) in [5.41, 5.74) is 0.385. The van der Waals surface area contributed by atoms with Crippen molar-refractivity contribution in [1.82, 2.24) is 4.98 Å². The maximum atomic E-state index is 11.3. The zero-order valence-corrected chi connectivity index (χ0v) is 9.78. The molecule has 80 valence electrons. The summed E-state index contributed by atoms with van der Waals surface area (Å²) in [5, 5.41) is 0. The van der Waals surface area contributed by atoms with E-state index in [0.29, 0.717) is 22.0 Å². The van der Waals surface area contributed by atoms with Crippen LogP contribution < -0.4 is 4.74 Å².